The Hall–Kier alpha value is -1.14. The number of aliphatic carboxylic acids is 1. The summed E-state index contributed by atoms with van der Waals surface area (Å²) in [7, 11) is 0. The van der Waals surface area contributed by atoms with Crippen LogP contribution >= 0.6 is 0 Å². The third kappa shape index (κ3) is 3.25. The third-order valence-corrected chi connectivity index (χ3v) is 3.45. The molecule has 1 amide bonds. The molecule has 0 bridgehead atoms. The van der Waals surface area contributed by atoms with Gasteiger partial charge in [0.25, 0.3) is 5.91 Å². The fourth-order valence-corrected chi connectivity index (χ4v) is 2.83. The molecule has 0 spiro atoms. The van der Waals surface area contributed by atoms with Crippen molar-refractivity contribution >= 4 is 11.9 Å². The molecule has 108 valence electrons. The van der Waals surface area contributed by atoms with Crippen LogP contribution in [0.15, 0.2) is 0 Å². The molecule has 19 heavy (non-hydrogen) atoms. The first-order valence-electron chi connectivity index (χ1n) is 6.63. The highest BCUT2D eigenvalue weighted by Crippen LogP contribution is 2.26. The van der Waals surface area contributed by atoms with E-state index >= 15 is 0 Å². The van der Waals surface area contributed by atoms with Crippen molar-refractivity contribution in [3.05, 3.63) is 0 Å². The lowest BCUT2D eigenvalue weighted by Crippen LogP contribution is -2.56. The Labute approximate surface area is 112 Å². The number of ether oxygens (including phenoxy) is 2. The van der Waals surface area contributed by atoms with Crippen molar-refractivity contribution in [1.29, 1.82) is 0 Å². The average Bonchev–Trinajstić information content (AvgIpc) is 2.74. The second-order valence-corrected chi connectivity index (χ2v) is 5.94. The van der Waals surface area contributed by atoms with Crippen LogP contribution in [-0.2, 0) is 19.1 Å². The number of carboxylic acid groups (broad SMARTS) is 1. The maximum Gasteiger partial charge on any atom is 0.332 e. The molecule has 6 heteroatoms. The summed E-state index contributed by atoms with van der Waals surface area (Å²) < 4.78 is 11.1. The first kappa shape index (κ1) is 14.3. The molecule has 2 heterocycles. The summed E-state index contributed by atoms with van der Waals surface area (Å²) in [4.78, 5) is 24.9. The lowest BCUT2D eigenvalue weighted by molar-refractivity contribution is -0.169. The Bertz CT molecular complexity index is 381. The first-order chi connectivity index (χ1) is 8.78. The largest absolute Gasteiger partial charge is 0.479 e. The Morgan fingerprint density at radius 2 is 1.89 bits per heavy atom. The van der Waals surface area contributed by atoms with Gasteiger partial charge in [-0.2, -0.15) is 0 Å². The van der Waals surface area contributed by atoms with Crippen molar-refractivity contribution in [3.8, 4) is 0 Å². The highest BCUT2D eigenvalue weighted by atomic mass is 16.5. The summed E-state index contributed by atoms with van der Waals surface area (Å²) in [5.74, 6) is -1.11. The van der Waals surface area contributed by atoms with Gasteiger partial charge in [-0.1, -0.05) is 0 Å². The summed E-state index contributed by atoms with van der Waals surface area (Å²) in [5, 5.41) is 8.88. The topological polar surface area (TPSA) is 76.1 Å². The fourth-order valence-electron chi connectivity index (χ4n) is 2.83. The summed E-state index contributed by atoms with van der Waals surface area (Å²) in [6, 6.07) is 0. The number of carboxylic acids is 1. The Kier molecular flexibility index (Phi) is 3.82. The van der Waals surface area contributed by atoms with E-state index in [4.69, 9.17) is 14.6 Å². The van der Waals surface area contributed by atoms with Gasteiger partial charge >= 0.3 is 5.97 Å². The van der Waals surface area contributed by atoms with E-state index < -0.39 is 18.2 Å². The Balaban J connectivity index is 1.98. The van der Waals surface area contributed by atoms with Gasteiger partial charge in [0.2, 0.25) is 0 Å². The lowest BCUT2D eigenvalue weighted by atomic mass is 10.0. The normalized spacial score (nSPS) is 34.3. The Morgan fingerprint density at radius 1 is 1.26 bits per heavy atom. The maximum atomic E-state index is 12.4. The van der Waals surface area contributed by atoms with Gasteiger partial charge < -0.3 is 19.5 Å². The smallest absolute Gasteiger partial charge is 0.332 e. The van der Waals surface area contributed by atoms with Crippen molar-refractivity contribution < 1.29 is 24.2 Å². The second kappa shape index (κ2) is 5.09. The van der Waals surface area contributed by atoms with E-state index in [2.05, 4.69) is 0 Å². The number of hydrogen-bond acceptors (Lipinski definition) is 4. The Morgan fingerprint density at radius 3 is 2.42 bits per heavy atom. The van der Waals surface area contributed by atoms with Crippen LogP contribution in [0.3, 0.4) is 0 Å². The molecule has 0 radical (unpaired) electrons. The second-order valence-electron chi connectivity index (χ2n) is 5.94. The van der Waals surface area contributed by atoms with E-state index in [9.17, 15) is 9.59 Å². The number of nitrogens with zero attached hydrogens (tertiary/aromatic N) is 1. The average molecular weight is 271 g/mol. The standard InChI is InChI=1S/C13H21NO5/c1-8-6-14(7-13(2,3)19-8)11(15)9-4-5-10(18-9)12(16)17/h8-10H,4-7H2,1-3H3,(H,16,17). The number of carbonyl (C=O) groups excluding carboxylic acids is 1. The molecule has 2 saturated heterocycles. The van der Waals surface area contributed by atoms with Crippen LogP contribution in [0.4, 0.5) is 0 Å². The molecular weight excluding hydrogens is 250 g/mol. The van der Waals surface area contributed by atoms with Crippen LogP contribution in [0.1, 0.15) is 33.6 Å². The minimum Gasteiger partial charge on any atom is -0.479 e. The highest BCUT2D eigenvalue weighted by molar-refractivity contribution is 5.83. The third-order valence-electron chi connectivity index (χ3n) is 3.45. The predicted molar refractivity (Wildman–Crippen MR) is 66.7 cm³/mol. The van der Waals surface area contributed by atoms with Crippen LogP contribution in [0, 0.1) is 0 Å². The van der Waals surface area contributed by atoms with Gasteiger partial charge in [0, 0.05) is 13.1 Å². The van der Waals surface area contributed by atoms with Gasteiger partial charge in [-0.15, -0.1) is 0 Å². The quantitative estimate of drug-likeness (QED) is 0.798. The molecule has 2 aliphatic heterocycles. The SMILES string of the molecule is CC1CN(C(=O)C2CCC(C(=O)O)O2)CC(C)(C)O1. The zero-order valence-electron chi connectivity index (χ0n) is 11.6. The van der Waals surface area contributed by atoms with E-state index in [0.717, 1.165) is 0 Å². The molecule has 6 nitrogen and oxygen atoms in total. The number of morpholine rings is 1. The first-order valence-corrected chi connectivity index (χ1v) is 6.63. The van der Waals surface area contributed by atoms with Gasteiger partial charge in [-0.3, -0.25) is 4.79 Å². The van der Waals surface area contributed by atoms with Crippen molar-refractivity contribution in [2.24, 2.45) is 0 Å². The molecule has 0 aliphatic carbocycles. The molecule has 0 aromatic rings. The highest BCUT2D eigenvalue weighted by Gasteiger charge is 2.40. The number of rotatable bonds is 2. The molecular formula is C13H21NO5. The molecule has 0 aromatic carbocycles. The van der Waals surface area contributed by atoms with Gasteiger partial charge in [0.05, 0.1) is 11.7 Å². The van der Waals surface area contributed by atoms with Gasteiger partial charge in [0.1, 0.15) is 6.10 Å². The monoisotopic (exact) mass is 271 g/mol. The van der Waals surface area contributed by atoms with Crippen LogP contribution in [0.25, 0.3) is 0 Å². The zero-order chi connectivity index (χ0) is 14.2. The van der Waals surface area contributed by atoms with Gasteiger partial charge in [0.15, 0.2) is 6.10 Å². The van der Waals surface area contributed by atoms with E-state index in [1.54, 1.807) is 4.90 Å². The van der Waals surface area contributed by atoms with E-state index in [0.29, 0.717) is 25.9 Å². The summed E-state index contributed by atoms with van der Waals surface area (Å²) in [6.45, 7) is 6.85. The zero-order valence-corrected chi connectivity index (χ0v) is 11.6. The molecule has 0 saturated carbocycles. The van der Waals surface area contributed by atoms with E-state index in [1.165, 1.54) is 0 Å². The van der Waals surface area contributed by atoms with Crippen LogP contribution in [-0.4, -0.2) is 58.9 Å². The van der Waals surface area contributed by atoms with Crippen molar-refractivity contribution in [2.75, 3.05) is 13.1 Å². The molecule has 2 rings (SSSR count). The number of amides is 1. The number of carbonyl (C=O) groups is 2. The summed E-state index contributed by atoms with van der Waals surface area (Å²) in [6.07, 6.45) is -0.622. The van der Waals surface area contributed by atoms with Crippen molar-refractivity contribution in [1.82, 2.24) is 4.90 Å². The molecule has 1 N–H and O–H groups in total. The van der Waals surface area contributed by atoms with Crippen LogP contribution in [0.2, 0.25) is 0 Å². The van der Waals surface area contributed by atoms with Gasteiger partial charge in [-0.25, -0.2) is 4.79 Å². The summed E-state index contributed by atoms with van der Waals surface area (Å²) in [5.41, 5.74) is -0.377. The lowest BCUT2D eigenvalue weighted by Gasteiger charge is -2.42. The predicted octanol–water partition coefficient (Wildman–Crippen LogP) is 0.644. The van der Waals surface area contributed by atoms with Crippen LogP contribution < -0.4 is 0 Å². The van der Waals surface area contributed by atoms with E-state index in [-0.39, 0.29) is 17.6 Å². The molecule has 2 aliphatic rings. The molecule has 2 fully saturated rings. The van der Waals surface area contributed by atoms with Crippen LogP contribution in [0.5, 0.6) is 0 Å². The molecule has 3 unspecified atom stereocenters. The molecule has 0 aromatic heterocycles. The number of hydrogen-bond donors (Lipinski definition) is 1. The molecule has 3 atom stereocenters. The fraction of sp³-hybridized carbons (Fsp3) is 0.846. The maximum absolute atomic E-state index is 12.4. The van der Waals surface area contributed by atoms with E-state index in [1.807, 2.05) is 20.8 Å². The minimum atomic E-state index is -0.994. The van der Waals surface area contributed by atoms with Crippen molar-refractivity contribution in [3.63, 3.8) is 0 Å². The van der Waals surface area contributed by atoms with Gasteiger partial charge in [-0.05, 0) is 33.6 Å². The minimum absolute atomic E-state index is 0.0237. The summed E-state index contributed by atoms with van der Waals surface area (Å²) >= 11 is 0. The van der Waals surface area contributed by atoms with Crippen molar-refractivity contribution in [2.45, 2.75) is 57.5 Å².